The molecule has 0 saturated carbocycles. The van der Waals surface area contributed by atoms with Gasteiger partial charge in [0.15, 0.2) is 0 Å². The summed E-state index contributed by atoms with van der Waals surface area (Å²) in [4.78, 5) is 15.4. The van der Waals surface area contributed by atoms with E-state index in [4.69, 9.17) is 9.47 Å². The van der Waals surface area contributed by atoms with Crippen molar-refractivity contribution in [2.45, 2.75) is 63.7 Å². The van der Waals surface area contributed by atoms with Crippen molar-refractivity contribution in [3.8, 4) is 0 Å². The number of nitrogens with zero attached hydrogens (tertiary/aromatic N) is 1. The predicted molar refractivity (Wildman–Crippen MR) is 154 cm³/mol. The first kappa shape index (κ1) is 33.1. The fraction of sp³-hybridized carbons (Fsp3) is 0.382. The fourth-order valence-corrected chi connectivity index (χ4v) is 5.66. The summed E-state index contributed by atoms with van der Waals surface area (Å²) in [5, 5.41) is 0. The molecule has 236 valence electrons. The highest BCUT2D eigenvalue weighted by Crippen LogP contribution is 2.47. The van der Waals surface area contributed by atoms with Gasteiger partial charge in [-0.25, -0.2) is 4.79 Å². The fourth-order valence-electron chi connectivity index (χ4n) is 5.66. The van der Waals surface area contributed by atoms with Crippen LogP contribution in [0.2, 0.25) is 0 Å². The summed E-state index contributed by atoms with van der Waals surface area (Å²) in [6.45, 7) is 7.38. The molecule has 4 nitrogen and oxygen atoms in total. The van der Waals surface area contributed by atoms with Crippen LogP contribution in [0.1, 0.15) is 67.0 Å². The van der Waals surface area contributed by atoms with Crippen molar-refractivity contribution >= 4 is 6.09 Å². The quantitative estimate of drug-likeness (QED) is 0.177. The normalized spacial score (nSPS) is 21.5. The first-order chi connectivity index (χ1) is 20.7. The number of carbonyl (C=O) groups excluding carboxylic acids is 1. The number of halogens is 6. The van der Waals surface area contributed by atoms with Crippen LogP contribution in [0.15, 0.2) is 91.5 Å². The number of hydrogen-bond acceptors (Lipinski definition) is 3. The molecule has 0 aromatic heterocycles. The summed E-state index contributed by atoms with van der Waals surface area (Å²) in [6.07, 6.45) is -8.29. The molecule has 3 aromatic carbocycles. The van der Waals surface area contributed by atoms with Gasteiger partial charge in [0.2, 0.25) is 0 Å². The van der Waals surface area contributed by atoms with Crippen molar-refractivity contribution in [2.24, 2.45) is 5.41 Å². The Bertz CT molecular complexity index is 1390. The largest absolute Gasteiger partial charge is 0.445 e. The first-order valence-electron chi connectivity index (χ1n) is 14.2. The zero-order valence-corrected chi connectivity index (χ0v) is 24.5. The molecular weight excluding hydrogens is 584 g/mol. The van der Waals surface area contributed by atoms with Gasteiger partial charge >= 0.3 is 18.4 Å². The lowest BCUT2D eigenvalue weighted by atomic mass is 9.70. The van der Waals surface area contributed by atoms with Gasteiger partial charge in [0.05, 0.1) is 29.4 Å². The Balaban J connectivity index is 1.71. The highest BCUT2D eigenvalue weighted by molar-refractivity contribution is 5.70. The van der Waals surface area contributed by atoms with Gasteiger partial charge < -0.3 is 9.47 Å². The molecule has 0 bridgehead atoms. The summed E-state index contributed by atoms with van der Waals surface area (Å²) in [5.41, 5.74) is -3.07. The Morgan fingerprint density at radius 2 is 1.50 bits per heavy atom. The van der Waals surface area contributed by atoms with Crippen molar-refractivity contribution in [3.05, 3.63) is 119 Å². The standard InChI is InChI=1S/C34H35F6NO3/c1-4-15-31(3)16-17-32(27-13-9-6-10-14-27,41(22-31)30(42)43-21-25-11-7-5-8-12-25)23-44-24(2)26-18-28(33(35,36)37)20-29(19-26)34(38,39)40/h4-14,18-20,24H,1,15-17,21-23H2,2-3H3/t24-,31-,32-/m1/s1. The maximum atomic E-state index is 13.8. The molecule has 0 unspecified atom stereocenters. The number of allylic oxidation sites excluding steroid dienone is 1. The second kappa shape index (κ2) is 13.1. The molecular formula is C34H35F6NO3. The molecule has 44 heavy (non-hydrogen) atoms. The van der Waals surface area contributed by atoms with Crippen molar-refractivity contribution in [1.82, 2.24) is 4.90 Å². The Labute approximate surface area is 253 Å². The third-order valence-corrected chi connectivity index (χ3v) is 8.22. The van der Waals surface area contributed by atoms with Crippen LogP contribution < -0.4 is 0 Å². The second-order valence-electron chi connectivity index (χ2n) is 11.6. The van der Waals surface area contributed by atoms with E-state index in [2.05, 4.69) is 6.58 Å². The third kappa shape index (κ3) is 7.64. The minimum atomic E-state index is -4.99. The lowest BCUT2D eigenvalue weighted by Gasteiger charge is -2.52. The predicted octanol–water partition coefficient (Wildman–Crippen LogP) is 9.71. The number of likely N-dealkylation sites (tertiary alicyclic amines) is 1. The maximum absolute atomic E-state index is 13.8. The minimum Gasteiger partial charge on any atom is -0.445 e. The Morgan fingerprint density at radius 3 is 2.05 bits per heavy atom. The van der Waals surface area contributed by atoms with Crippen LogP contribution in [0, 0.1) is 5.41 Å². The van der Waals surface area contributed by atoms with Gasteiger partial charge in [-0.15, -0.1) is 6.58 Å². The zero-order chi connectivity index (χ0) is 32.2. The minimum absolute atomic E-state index is 0.0148. The number of ether oxygens (including phenoxy) is 2. The topological polar surface area (TPSA) is 38.8 Å². The third-order valence-electron chi connectivity index (χ3n) is 8.22. The lowest BCUT2D eigenvalue weighted by Crippen LogP contribution is -2.59. The van der Waals surface area contributed by atoms with Crippen LogP contribution in [0.4, 0.5) is 31.1 Å². The van der Waals surface area contributed by atoms with Crippen LogP contribution >= 0.6 is 0 Å². The van der Waals surface area contributed by atoms with Crippen molar-refractivity contribution < 1.29 is 40.6 Å². The number of amides is 1. The zero-order valence-electron chi connectivity index (χ0n) is 24.5. The van der Waals surface area contributed by atoms with E-state index < -0.39 is 41.2 Å². The summed E-state index contributed by atoms with van der Waals surface area (Å²) in [5.74, 6) is 0. The van der Waals surface area contributed by atoms with Gasteiger partial charge in [-0.3, -0.25) is 4.90 Å². The number of alkyl halides is 6. The summed E-state index contributed by atoms with van der Waals surface area (Å²) >= 11 is 0. The number of rotatable bonds is 9. The van der Waals surface area contributed by atoms with Gasteiger partial charge in [-0.1, -0.05) is 73.7 Å². The summed E-state index contributed by atoms with van der Waals surface area (Å²) < 4.78 is 93.2. The number of carbonyl (C=O) groups is 1. The van der Waals surface area contributed by atoms with Crippen LogP contribution in [-0.4, -0.2) is 24.1 Å². The molecule has 0 radical (unpaired) electrons. The van der Waals surface area contributed by atoms with Crippen LogP contribution in [-0.2, 0) is 34.0 Å². The van der Waals surface area contributed by atoms with Gasteiger partial charge in [-0.05, 0) is 66.5 Å². The van der Waals surface area contributed by atoms with Crippen LogP contribution in [0.5, 0.6) is 0 Å². The smallest absolute Gasteiger partial charge is 0.416 e. The molecule has 1 fully saturated rings. The lowest BCUT2D eigenvalue weighted by molar-refractivity contribution is -0.143. The molecule has 1 aliphatic rings. The Hall–Kier alpha value is -3.79. The molecule has 1 aliphatic heterocycles. The molecule has 0 N–H and O–H groups in total. The van der Waals surface area contributed by atoms with Gasteiger partial charge in [0.25, 0.3) is 0 Å². The Kier molecular flexibility index (Phi) is 9.83. The van der Waals surface area contributed by atoms with E-state index in [0.29, 0.717) is 37.0 Å². The van der Waals surface area contributed by atoms with E-state index in [1.165, 1.54) is 6.92 Å². The molecule has 10 heteroatoms. The molecule has 1 heterocycles. The monoisotopic (exact) mass is 619 g/mol. The molecule has 0 spiro atoms. The Morgan fingerprint density at radius 1 is 0.932 bits per heavy atom. The van der Waals surface area contributed by atoms with E-state index in [1.807, 2.05) is 55.5 Å². The van der Waals surface area contributed by atoms with Crippen LogP contribution in [0.25, 0.3) is 0 Å². The van der Waals surface area contributed by atoms with Gasteiger partial charge in [0.1, 0.15) is 6.61 Å². The summed E-state index contributed by atoms with van der Waals surface area (Å²) in [6, 6.07) is 19.6. The average molecular weight is 620 g/mol. The van der Waals surface area contributed by atoms with E-state index >= 15 is 0 Å². The number of hydrogen-bond donors (Lipinski definition) is 0. The number of benzene rings is 3. The SMILES string of the molecule is C=CC[C@]1(C)CC[C@@](CO[C@H](C)c2cc(C(F)(F)F)cc(C(F)(F)F)c2)(c2ccccc2)N(C(=O)OCc2ccccc2)C1. The molecule has 1 saturated heterocycles. The molecule has 0 aliphatic carbocycles. The van der Waals surface area contributed by atoms with Crippen molar-refractivity contribution in [3.63, 3.8) is 0 Å². The molecule has 3 atom stereocenters. The van der Waals surface area contributed by atoms with Gasteiger partial charge in [0, 0.05) is 6.54 Å². The summed E-state index contributed by atoms with van der Waals surface area (Å²) in [7, 11) is 0. The highest BCUT2D eigenvalue weighted by atomic mass is 19.4. The molecule has 4 rings (SSSR count). The molecule has 1 amide bonds. The van der Waals surface area contributed by atoms with Crippen LogP contribution in [0.3, 0.4) is 0 Å². The van der Waals surface area contributed by atoms with E-state index in [1.54, 1.807) is 23.1 Å². The maximum Gasteiger partial charge on any atom is 0.416 e. The van der Waals surface area contributed by atoms with E-state index in [0.717, 1.165) is 5.56 Å². The van der Waals surface area contributed by atoms with Crippen molar-refractivity contribution in [2.75, 3.05) is 13.2 Å². The first-order valence-corrected chi connectivity index (χ1v) is 14.2. The van der Waals surface area contributed by atoms with Gasteiger partial charge in [-0.2, -0.15) is 26.3 Å². The van der Waals surface area contributed by atoms with E-state index in [-0.39, 0.29) is 36.8 Å². The number of piperidine rings is 1. The van der Waals surface area contributed by atoms with Crippen molar-refractivity contribution in [1.29, 1.82) is 0 Å². The van der Waals surface area contributed by atoms with E-state index in [9.17, 15) is 31.1 Å². The highest BCUT2D eigenvalue weighted by Gasteiger charge is 2.50. The second-order valence-corrected chi connectivity index (χ2v) is 11.6. The molecule has 3 aromatic rings. The average Bonchev–Trinajstić information content (AvgIpc) is 2.99.